The van der Waals surface area contributed by atoms with Gasteiger partial charge in [0.15, 0.2) is 0 Å². The van der Waals surface area contributed by atoms with E-state index in [4.69, 9.17) is 4.74 Å². The van der Waals surface area contributed by atoms with Crippen LogP contribution in [0.25, 0.3) is 0 Å². The van der Waals surface area contributed by atoms with E-state index in [1.54, 1.807) is 4.90 Å². The predicted molar refractivity (Wildman–Crippen MR) is 105 cm³/mol. The number of amides is 1. The zero-order valence-corrected chi connectivity index (χ0v) is 16.1. The number of alkyl halides is 3. The molecule has 1 atom stereocenters. The summed E-state index contributed by atoms with van der Waals surface area (Å²) in [5.74, 6) is -0.129. The van der Waals surface area contributed by atoms with E-state index < -0.39 is 11.7 Å². The summed E-state index contributed by atoms with van der Waals surface area (Å²) in [6.45, 7) is 4.77. The molecule has 1 aliphatic rings. The number of rotatable bonds is 4. The number of thiol groups is 1. The number of halogens is 3. The number of carbonyl (C=O) groups is 1. The molecule has 0 radical (unpaired) electrons. The molecule has 7 heteroatoms. The van der Waals surface area contributed by atoms with Crippen molar-refractivity contribution >= 4 is 18.5 Å². The maximum Gasteiger partial charge on any atom is 0.416 e. The SMILES string of the molecule is C=CC(=O)N1CCC(OCc2ccc(C(F)(F)F)cc2)C1.Sc1ccccc1. The lowest BCUT2D eigenvalue weighted by Crippen LogP contribution is -2.28. The summed E-state index contributed by atoms with van der Waals surface area (Å²) in [6, 6.07) is 14.7. The highest BCUT2D eigenvalue weighted by molar-refractivity contribution is 7.80. The van der Waals surface area contributed by atoms with Crippen LogP contribution >= 0.6 is 12.6 Å². The van der Waals surface area contributed by atoms with Gasteiger partial charge in [0, 0.05) is 18.0 Å². The Balaban J connectivity index is 0.000000336. The van der Waals surface area contributed by atoms with Crippen LogP contribution in [-0.2, 0) is 22.3 Å². The van der Waals surface area contributed by atoms with Gasteiger partial charge in [-0.2, -0.15) is 13.2 Å². The minimum Gasteiger partial charge on any atom is -0.372 e. The third-order valence-corrected chi connectivity index (χ3v) is 4.45. The van der Waals surface area contributed by atoms with Gasteiger partial charge in [0.2, 0.25) is 5.91 Å². The van der Waals surface area contributed by atoms with E-state index in [2.05, 4.69) is 19.2 Å². The van der Waals surface area contributed by atoms with Crippen LogP contribution in [0.5, 0.6) is 0 Å². The topological polar surface area (TPSA) is 29.5 Å². The maximum absolute atomic E-state index is 12.4. The standard InChI is InChI=1S/C15H16F3NO2.C6H6S/c1-2-14(20)19-8-7-13(9-19)21-10-11-3-5-12(6-4-11)15(16,17)18;7-6-4-2-1-3-5-6/h2-6,13H,1,7-10H2;1-5,7H. The Kier molecular flexibility index (Phi) is 8.14. The van der Waals surface area contributed by atoms with Crippen molar-refractivity contribution in [2.24, 2.45) is 0 Å². The van der Waals surface area contributed by atoms with E-state index in [1.165, 1.54) is 18.2 Å². The number of ether oxygens (including phenoxy) is 1. The average Bonchev–Trinajstić information content (AvgIpc) is 3.15. The van der Waals surface area contributed by atoms with E-state index in [0.717, 1.165) is 23.4 Å². The number of likely N-dealkylation sites (tertiary alicyclic amines) is 1. The Bertz CT molecular complexity index is 763. The molecular formula is C21H22F3NO2S. The fourth-order valence-electron chi connectivity index (χ4n) is 2.63. The molecule has 0 aliphatic carbocycles. The van der Waals surface area contributed by atoms with Gasteiger partial charge in [-0.3, -0.25) is 4.79 Å². The fourth-order valence-corrected chi connectivity index (χ4v) is 2.80. The highest BCUT2D eigenvalue weighted by atomic mass is 32.1. The zero-order valence-electron chi connectivity index (χ0n) is 15.2. The van der Waals surface area contributed by atoms with Crippen molar-refractivity contribution < 1.29 is 22.7 Å². The molecule has 1 fully saturated rings. The first kappa shape index (κ1) is 22.0. The second kappa shape index (κ2) is 10.3. The third kappa shape index (κ3) is 7.05. The Hall–Kier alpha value is -2.25. The lowest BCUT2D eigenvalue weighted by molar-refractivity contribution is -0.137. The molecule has 3 rings (SSSR count). The molecule has 3 nitrogen and oxygen atoms in total. The lowest BCUT2D eigenvalue weighted by atomic mass is 10.1. The third-order valence-electron chi connectivity index (χ3n) is 4.15. The average molecular weight is 409 g/mol. The Labute approximate surface area is 168 Å². The predicted octanol–water partition coefficient (Wildman–Crippen LogP) is 4.98. The monoisotopic (exact) mass is 409 g/mol. The summed E-state index contributed by atoms with van der Waals surface area (Å²) in [7, 11) is 0. The minimum absolute atomic E-state index is 0.0869. The summed E-state index contributed by atoms with van der Waals surface area (Å²) >= 11 is 4.08. The molecule has 1 amide bonds. The molecule has 28 heavy (non-hydrogen) atoms. The van der Waals surface area contributed by atoms with Crippen LogP contribution in [0.1, 0.15) is 17.5 Å². The summed E-state index contributed by atoms with van der Waals surface area (Å²) in [5, 5.41) is 0. The van der Waals surface area contributed by atoms with Gasteiger partial charge in [-0.15, -0.1) is 12.6 Å². The molecule has 2 aromatic carbocycles. The molecule has 0 spiro atoms. The summed E-state index contributed by atoms with van der Waals surface area (Å²) in [6.07, 6.45) is -2.43. The van der Waals surface area contributed by atoms with Crippen LogP contribution in [0.15, 0.2) is 72.1 Å². The van der Waals surface area contributed by atoms with Crippen LogP contribution in [-0.4, -0.2) is 30.0 Å². The van der Waals surface area contributed by atoms with Gasteiger partial charge in [0.1, 0.15) is 0 Å². The molecule has 2 aromatic rings. The summed E-state index contributed by atoms with van der Waals surface area (Å²) in [5.41, 5.74) is 0.00590. The molecule has 150 valence electrons. The normalized spacial score (nSPS) is 16.3. The smallest absolute Gasteiger partial charge is 0.372 e. The molecular weight excluding hydrogens is 387 g/mol. The largest absolute Gasteiger partial charge is 0.416 e. The van der Waals surface area contributed by atoms with Crippen molar-refractivity contribution in [3.63, 3.8) is 0 Å². The van der Waals surface area contributed by atoms with Crippen molar-refractivity contribution in [2.45, 2.75) is 30.2 Å². The van der Waals surface area contributed by atoms with Crippen molar-refractivity contribution in [1.29, 1.82) is 0 Å². The van der Waals surface area contributed by atoms with Gasteiger partial charge in [-0.1, -0.05) is 36.9 Å². The van der Waals surface area contributed by atoms with E-state index in [-0.39, 0.29) is 18.6 Å². The number of hydrogen-bond donors (Lipinski definition) is 1. The Morgan fingerprint density at radius 1 is 1.18 bits per heavy atom. The maximum atomic E-state index is 12.4. The fraction of sp³-hybridized carbons (Fsp3) is 0.286. The molecule has 1 unspecified atom stereocenters. The number of nitrogens with zero attached hydrogens (tertiary/aromatic N) is 1. The first-order valence-corrected chi connectivity index (χ1v) is 9.17. The van der Waals surface area contributed by atoms with E-state index in [1.807, 2.05) is 30.3 Å². The second-order valence-electron chi connectivity index (χ2n) is 6.24. The molecule has 1 heterocycles. The Morgan fingerprint density at radius 2 is 1.82 bits per heavy atom. The number of benzene rings is 2. The van der Waals surface area contributed by atoms with E-state index >= 15 is 0 Å². The molecule has 1 aliphatic heterocycles. The van der Waals surface area contributed by atoms with E-state index in [0.29, 0.717) is 18.7 Å². The van der Waals surface area contributed by atoms with Gasteiger partial charge in [-0.05, 0) is 42.3 Å². The van der Waals surface area contributed by atoms with Crippen LogP contribution in [0.2, 0.25) is 0 Å². The van der Waals surface area contributed by atoms with Crippen LogP contribution in [0.4, 0.5) is 13.2 Å². The minimum atomic E-state index is -4.32. The van der Waals surface area contributed by atoms with Crippen molar-refractivity contribution in [3.05, 3.63) is 78.4 Å². The van der Waals surface area contributed by atoms with Gasteiger partial charge < -0.3 is 9.64 Å². The van der Waals surface area contributed by atoms with Crippen molar-refractivity contribution in [3.8, 4) is 0 Å². The Morgan fingerprint density at radius 3 is 2.32 bits per heavy atom. The quantitative estimate of drug-likeness (QED) is 0.570. The number of carbonyl (C=O) groups excluding carboxylic acids is 1. The lowest BCUT2D eigenvalue weighted by Gasteiger charge is -2.15. The van der Waals surface area contributed by atoms with Gasteiger partial charge >= 0.3 is 6.18 Å². The van der Waals surface area contributed by atoms with Gasteiger partial charge in [-0.25, -0.2) is 0 Å². The van der Waals surface area contributed by atoms with Crippen LogP contribution in [0, 0.1) is 0 Å². The van der Waals surface area contributed by atoms with Crippen molar-refractivity contribution in [2.75, 3.05) is 13.1 Å². The summed E-state index contributed by atoms with van der Waals surface area (Å²) < 4.78 is 42.9. The molecule has 0 N–H and O–H groups in total. The second-order valence-corrected chi connectivity index (χ2v) is 6.76. The first-order valence-electron chi connectivity index (χ1n) is 8.72. The number of hydrogen-bond acceptors (Lipinski definition) is 3. The zero-order chi connectivity index (χ0) is 20.6. The highest BCUT2D eigenvalue weighted by Gasteiger charge is 2.30. The molecule has 0 saturated carbocycles. The van der Waals surface area contributed by atoms with Crippen molar-refractivity contribution in [1.82, 2.24) is 4.90 Å². The van der Waals surface area contributed by atoms with Crippen LogP contribution < -0.4 is 0 Å². The van der Waals surface area contributed by atoms with Crippen LogP contribution in [0.3, 0.4) is 0 Å². The first-order chi connectivity index (χ1) is 13.3. The highest BCUT2D eigenvalue weighted by Crippen LogP contribution is 2.29. The van der Waals surface area contributed by atoms with Gasteiger partial charge in [0.25, 0.3) is 0 Å². The summed E-state index contributed by atoms with van der Waals surface area (Å²) in [4.78, 5) is 14.1. The molecule has 0 aromatic heterocycles. The molecule has 0 bridgehead atoms. The van der Waals surface area contributed by atoms with E-state index in [9.17, 15) is 18.0 Å². The van der Waals surface area contributed by atoms with Gasteiger partial charge in [0.05, 0.1) is 18.3 Å². The molecule has 1 saturated heterocycles.